The van der Waals surface area contributed by atoms with Crippen molar-refractivity contribution in [1.29, 1.82) is 0 Å². The predicted molar refractivity (Wildman–Crippen MR) is 77.4 cm³/mol. The van der Waals surface area contributed by atoms with Gasteiger partial charge in [0.05, 0.1) is 5.69 Å². The zero-order valence-corrected chi connectivity index (χ0v) is 11.5. The van der Waals surface area contributed by atoms with E-state index >= 15 is 0 Å². The molecule has 0 aliphatic carbocycles. The van der Waals surface area contributed by atoms with Crippen LogP contribution in [0.2, 0.25) is 0 Å². The Balaban J connectivity index is 1.67. The predicted octanol–water partition coefficient (Wildman–Crippen LogP) is 2.87. The summed E-state index contributed by atoms with van der Waals surface area (Å²) in [6, 6.07) is 14.2. The molecule has 3 nitrogen and oxygen atoms in total. The molecule has 19 heavy (non-hydrogen) atoms. The fourth-order valence-electron chi connectivity index (χ4n) is 1.86. The Labute approximate surface area is 114 Å². The van der Waals surface area contributed by atoms with Gasteiger partial charge in [0.1, 0.15) is 12.4 Å². The van der Waals surface area contributed by atoms with Gasteiger partial charge in [-0.1, -0.05) is 18.2 Å². The third-order valence-corrected chi connectivity index (χ3v) is 2.79. The van der Waals surface area contributed by atoms with Crippen molar-refractivity contribution >= 4 is 0 Å². The summed E-state index contributed by atoms with van der Waals surface area (Å²) in [5.74, 6) is 0.926. The quantitative estimate of drug-likeness (QED) is 0.807. The van der Waals surface area contributed by atoms with Gasteiger partial charge in [0, 0.05) is 18.8 Å². The zero-order valence-electron chi connectivity index (χ0n) is 11.5. The number of pyridine rings is 1. The standard InChI is InChI=1S/C16H20N2O/c1-13-5-3-8-16(11-13)19-10-9-17-12-15-7-4-6-14(2)18-15/h3-8,11,17H,9-10,12H2,1-2H3. The van der Waals surface area contributed by atoms with Crippen LogP contribution in [0.1, 0.15) is 17.0 Å². The van der Waals surface area contributed by atoms with Gasteiger partial charge < -0.3 is 10.1 Å². The molecule has 1 heterocycles. The van der Waals surface area contributed by atoms with Crippen LogP contribution in [-0.2, 0) is 6.54 Å². The monoisotopic (exact) mass is 256 g/mol. The maximum atomic E-state index is 5.67. The van der Waals surface area contributed by atoms with Crippen molar-refractivity contribution in [3.63, 3.8) is 0 Å². The molecule has 0 unspecified atom stereocenters. The molecule has 1 aromatic carbocycles. The van der Waals surface area contributed by atoms with Gasteiger partial charge in [-0.05, 0) is 43.7 Å². The second kappa shape index (κ2) is 6.90. The van der Waals surface area contributed by atoms with Crippen LogP contribution in [0, 0.1) is 13.8 Å². The summed E-state index contributed by atoms with van der Waals surface area (Å²) in [5, 5.41) is 3.33. The van der Waals surface area contributed by atoms with Crippen LogP contribution in [0.4, 0.5) is 0 Å². The van der Waals surface area contributed by atoms with E-state index < -0.39 is 0 Å². The first kappa shape index (κ1) is 13.6. The Morgan fingerprint density at radius 1 is 1.11 bits per heavy atom. The van der Waals surface area contributed by atoms with Crippen LogP contribution in [-0.4, -0.2) is 18.1 Å². The summed E-state index contributed by atoms with van der Waals surface area (Å²) in [5.41, 5.74) is 3.33. The van der Waals surface area contributed by atoms with Crippen LogP contribution in [0.15, 0.2) is 42.5 Å². The van der Waals surface area contributed by atoms with Crippen LogP contribution in [0.5, 0.6) is 5.75 Å². The molecule has 0 aliphatic heterocycles. The Morgan fingerprint density at radius 3 is 2.74 bits per heavy atom. The minimum absolute atomic E-state index is 0.662. The first-order chi connectivity index (χ1) is 9.24. The minimum Gasteiger partial charge on any atom is -0.492 e. The average Bonchev–Trinajstić information content (AvgIpc) is 2.38. The van der Waals surface area contributed by atoms with Crippen molar-refractivity contribution in [3.8, 4) is 5.75 Å². The Morgan fingerprint density at radius 2 is 1.95 bits per heavy atom. The molecule has 0 saturated carbocycles. The van der Waals surface area contributed by atoms with Crippen LogP contribution in [0.25, 0.3) is 0 Å². The van der Waals surface area contributed by atoms with E-state index in [4.69, 9.17) is 4.74 Å². The third-order valence-electron chi connectivity index (χ3n) is 2.79. The van der Waals surface area contributed by atoms with Crippen LogP contribution in [0.3, 0.4) is 0 Å². The number of aromatic nitrogens is 1. The SMILES string of the molecule is Cc1cccc(OCCNCc2cccc(C)n2)c1. The lowest BCUT2D eigenvalue weighted by Gasteiger charge is -2.08. The van der Waals surface area contributed by atoms with Gasteiger partial charge in [0.25, 0.3) is 0 Å². The van der Waals surface area contributed by atoms with E-state index in [1.165, 1.54) is 5.56 Å². The number of hydrogen-bond acceptors (Lipinski definition) is 3. The van der Waals surface area contributed by atoms with E-state index in [2.05, 4.69) is 23.3 Å². The van der Waals surface area contributed by atoms with Crippen LogP contribution < -0.4 is 10.1 Å². The second-order valence-corrected chi connectivity index (χ2v) is 4.61. The van der Waals surface area contributed by atoms with E-state index in [1.54, 1.807) is 0 Å². The number of rotatable bonds is 6. The van der Waals surface area contributed by atoms with Gasteiger partial charge >= 0.3 is 0 Å². The highest BCUT2D eigenvalue weighted by Crippen LogP contribution is 2.11. The zero-order chi connectivity index (χ0) is 13.5. The molecule has 1 N–H and O–H groups in total. The summed E-state index contributed by atoms with van der Waals surface area (Å²) in [6.45, 7) is 6.32. The topological polar surface area (TPSA) is 34.1 Å². The maximum absolute atomic E-state index is 5.67. The minimum atomic E-state index is 0.662. The average molecular weight is 256 g/mol. The van der Waals surface area contributed by atoms with E-state index in [-0.39, 0.29) is 0 Å². The lowest BCUT2D eigenvalue weighted by molar-refractivity contribution is 0.313. The van der Waals surface area contributed by atoms with Crippen molar-refractivity contribution in [2.75, 3.05) is 13.2 Å². The smallest absolute Gasteiger partial charge is 0.119 e. The van der Waals surface area contributed by atoms with Crippen molar-refractivity contribution < 1.29 is 4.74 Å². The number of hydrogen-bond donors (Lipinski definition) is 1. The summed E-state index contributed by atoms with van der Waals surface area (Å²) >= 11 is 0. The number of nitrogens with one attached hydrogen (secondary N) is 1. The molecule has 0 saturated heterocycles. The van der Waals surface area contributed by atoms with Crippen molar-refractivity contribution in [2.24, 2.45) is 0 Å². The molecule has 1 aromatic heterocycles. The molecular formula is C16H20N2O. The molecule has 2 aromatic rings. The summed E-state index contributed by atoms with van der Waals surface area (Å²) in [7, 11) is 0. The van der Waals surface area contributed by atoms with E-state index in [9.17, 15) is 0 Å². The molecule has 0 atom stereocenters. The van der Waals surface area contributed by atoms with Gasteiger partial charge in [-0.25, -0.2) is 0 Å². The molecule has 0 radical (unpaired) electrons. The Hall–Kier alpha value is -1.87. The van der Waals surface area contributed by atoms with Gasteiger partial charge in [-0.2, -0.15) is 0 Å². The molecule has 0 bridgehead atoms. The Bertz CT molecular complexity index is 478. The first-order valence-corrected chi connectivity index (χ1v) is 6.57. The lowest BCUT2D eigenvalue weighted by atomic mass is 10.2. The molecule has 100 valence electrons. The largest absolute Gasteiger partial charge is 0.492 e. The summed E-state index contributed by atoms with van der Waals surface area (Å²) in [4.78, 5) is 4.44. The van der Waals surface area contributed by atoms with Crippen molar-refractivity contribution in [3.05, 3.63) is 59.4 Å². The molecule has 3 heteroatoms. The van der Waals surface area contributed by atoms with Gasteiger partial charge in [0.15, 0.2) is 0 Å². The molecule has 0 aliphatic rings. The third kappa shape index (κ3) is 4.72. The van der Waals surface area contributed by atoms with Crippen LogP contribution >= 0.6 is 0 Å². The number of aryl methyl sites for hydroxylation is 2. The highest BCUT2D eigenvalue weighted by atomic mass is 16.5. The van der Waals surface area contributed by atoms with E-state index in [1.807, 2.05) is 43.3 Å². The van der Waals surface area contributed by atoms with Crippen molar-refractivity contribution in [2.45, 2.75) is 20.4 Å². The molecule has 0 spiro atoms. The normalized spacial score (nSPS) is 10.4. The Kier molecular flexibility index (Phi) is 4.93. The second-order valence-electron chi connectivity index (χ2n) is 4.61. The number of ether oxygens (including phenoxy) is 1. The molecule has 2 rings (SSSR count). The van der Waals surface area contributed by atoms with E-state index in [0.29, 0.717) is 6.61 Å². The highest BCUT2D eigenvalue weighted by molar-refractivity contribution is 5.27. The maximum Gasteiger partial charge on any atom is 0.119 e. The first-order valence-electron chi connectivity index (χ1n) is 6.57. The number of nitrogens with zero attached hydrogens (tertiary/aromatic N) is 1. The molecule has 0 fully saturated rings. The van der Waals surface area contributed by atoms with Gasteiger partial charge in [0.2, 0.25) is 0 Å². The van der Waals surface area contributed by atoms with Gasteiger partial charge in [-0.3, -0.25) is 4.98 Å². The molecule has 0 amide bonds. The summed E-state index contributed by atoms with van der Waals surface area (Å²) in [6.07, 6.45) is 0. The van der Waals surface area contributed by atoms with Crippen molar-refractivity contribution in [1.82, 2.24) is 10.3 Å². The molecular weight excluding hydrogens is 236 g/mol. The fraction of sp³-hybridized carbons (Fsp3) is 0.312. The fourth-order valence-corrected chi connectivity index (χ4v) is 1.86. The van der Waals surface area contributed by atoms with E-state index in [0.717, 1.165) is 30.2 Å². The van der Waals surface area contributed by atoms with Gasteiger partial charge in [-0.15, -0.1) is 0 Å². The highest BCUT2D eigenvalue weighted by Gasteiger charge is 1.96. The lowest BCUT2D eigenvalue weighted by Crippen LogP contribution is -2.21. The number of benzene rings is 1. The summed E-state index contributed by atoms with van der Waals surface area (Å²) < 4.78 is 5.67.